The quantitative estimate of drug-likeness (QED) is 0.364. The first-order valence-electron chi connectivity index (χ1n) is 8.19. The molecule has 3 aromatic rings. The Bertz CT molecular complexity index is 1070. The number of carbonyl (C=O) groups is 2. The van der Waals surface area contributed by atoms with E-state index in [4.69, 9.17) is 4.74 Å². The van der Waals surface area contributed by atoms with E-state index in [1.165, 1.54) is 33.6 Å². The number of hydrogen-bond donors (Lipinski definition) is 0. The highest BCUT2D eigenvalue weighted by molar-refractivity contribution is 9.11. The summed E-state index contributed by atoms with van der Waals surface area (Å²) in [5, 5.41) is 2.22. The second kappa shape index (κ2) is 9.26. The molecule has 10 heteroatoms. The van der Waals surface area contributed by atoms with Gasteiger partial charge in [0.2, 0.25) is 0 Å². The van der Waals surface area contributed by atoms with E-state index in [2.05, 4.69) is 27.5 Å². The molecule has 0 aliphatic carbocycles. The first-order chi connectivity index (χ1) is 13.5. The second-order valence-electron chi connectivity index (χ2n) is 5.75. The van der Waals surface area contributed by atoms with E-state index in [-0.39, 0.29) is 18.0 Å². The van der Waals surface area contributed by atoms with Crippen molar-refractivity contribution in [3.8, 4) is 0 Å². The summed E-state index contributed by atoms with van der Waals surface area (Å²) in [6, 6.07) is 5.49. The van der Waals surface area contributed by atoms with Crippen LogP contribution in [0.4, 0.5) is 0 Å². The fourth-order valence-corrected chi connectivity index (χ4v) is 4.68. The first kappa shape index (κ1) is 20.4. The van der Waals surface area contributed by atoms with Gasteiger partial charge in [0, 0.05) is 11.4 Å². The van der Waals surface area contributed by atoms with Crippen LogP contribution in [0, 0.1) is 0 Å². The number of halogens is 1. The van der Waals surface area contributed by atoms with Crippen LogP contribution in [-0.4, -0.2) is 39.5 Å². The first-order valence-corrected chi connectivity index (χ1v) is 10.7. The van der Waals surface area contributed by atoms with Crippen LogP contribution in [0.15, 0.2) is 51.1 Å². The molecule has 146 valence electrons. The number of hydrogen-bond acceptors (Lipinski definition) is 7. The summed E-state index contributed by atoms with van der Waals surface area (Å²) in [7, 11) is 0. The van der Waals surface area contributed by atoms with Gasteiger partial charge >= 0.3 is 5.97 Å². The Morgan fingerprint density at radius 2 is 2.18 bits per heavy atom. The van der Waals surface area contributed by atoms with Gasteiger partial charge in [0.05, 0.1) is 22.0 Å². The highest BCUT2D eigenvalue weighted by atomic mass is 79.9. The molecule has 0 aromatic carbocycles. The Hall–Kier alpha value is -2.30. The van der Waals surface area contributed by atoms with Crippen molar-refractivity contribution in [1.82, 2.24) is 14.5 Å². The Labute approximate surface area is 177 Å². The van der Waals surface area contributed by atoms with Gasteiger partial charge in [-0.15, -0.1) is 29.3 Å². The number of fused-ring (bicyclic) bond motifs is 1. The largest absolute Gasteiger partial charge is 0.454 e. The second-order valence-corrected chi connectivity index (χ2v) is 9.19. The van der Waals surface area contributed by atoms with Crippen molar-refractivity contribution in [3.63, 3.8) is 0 Å². The fourth-order valence-electron chi connectivity index (χ4n) is 2.46. The van der Waals surface area contributed by atoms with Gasteiger partial charge in [0.25, 0.3) is 11.5 Å². The van der Waals surface area contributed by atoms with Crippen molar-refractivity contribution >= 4 is 60.7 Å². The summed E-state index contributed by atoms with van der Waals surface area (Å²) in [6.07, 6.45) is 2.92. The average Bonchev–Trinajstić information content (AvgIpc) is 3.31. The third kappa shape index (κ3) is 4.94. The maximum atomic E-state index is 12.4. The van der Waals surface area contributed by atoms with Gasteiger partial charge in [0.15, 0.2) is 6.61 Å². The molecule has 0 N–H and O–H groups in total. The topological polar surface area (TPSA) is 81.5 Å². The van der Waals surface area contributed by atoms with Gasteiger partial charge in [-0.05, 0) is 39.5 Å². The zero-order valence-electron chi connectivity index (χ0n) is 14.7. The minimum atomic E-state index is -0.677. The number of amides is 1. The van der Waals surface area contributed by atoms with E-state index in [9.17, 15) is 14.4 Å². The Kier molecular flexibility index (Phi) is 6.76. The SMILES string of the molecule is C=CCN(Cc1ccc(Br)s1)C(=O)COC(=O)Cn1cnc2sccc2c1=O. The molecule has 0 fully saturated rings. The molecule has 0 spiro atoms. The molecule has 0 aliphatic heterocycles. The van der Waals surface area contributed by atoms with Gasteiger partial charge in [-0.2, -0.15) is 0 Å². The van der Waals surface area contributed by atoms with E-state index >= 15 is 0 Å². The van der Waals surface area contributed by atoms with Crippen molar-refractivity contribution in [3.05, 3.63) is 61.6 Å². The lowest BCUT2D eigenvalue weighted by molar-refractivity contribution is -0.152. The van der Waals surface area contributed by atoms with Crippen LogP contribution in [0.2, 0.25) is 0 Å². The minimum Gasteiger partial charge on any atom is -0.454 e. The van der Waals surface area contributed by atoms with E-state index in [1.807, 2.05) is 12.1 Å². The molecule has 1 amide bonds. The zero-order chi connectivity index (χ0) is 20.1. The summed E-state index contributed by atoms with van der Waals surface area (Å²) in [5.74, 6) is -1.01. The Balaban J connectivity index is 1.58. The van der Waals surface area contributed by atoms with Gasteiger partial charge in [-0.25, -0.2) is 4.98 Å². The lowest BCUT2D eigenvalue weighted by Gasteiger charge is -2.20. The summed E-state index contributed by atoms with van der Waals surface area (Å²) < 4.78 is 7.22. The molecular weight excluding hydrogens is 466 g/mol. The number of nitrogens with zero attached hydrogens (tertiary/aromatic N) is 3. The highest BCUT2D eigenvalue weighted by Gasteiger charge is 2.17. The van der Waals surface area contributed by atoms with Gasteiger partial charge in [0.1, 0.15) is 11.4 Å². The molecule has 0 radical (unpaired) electrons. The van der Waals surface area contributed by atoms with E-state index < -0.39 is 12.6 Å². The normalized spacial score (nSPS) is 10.8. The molecule has 3 heterocycles. The number of thiophene rings is 2. The van der Waals surface area contributed by atoms with E-state index in [0.717, 1.165) is 8.66 Å². The van der Waals surface area contributed by atoms with Gasteiger partial charge in [-0.3, -0.25) is 19.0 Å². The number of ether oxygens (including phenoxy) is 1. The number of rotatable bonds is 8. The molecule has 0 saturated heterocycles. The van der Waals surface area contributed by atoms with Crippen LogP contribution >= 0.6 is 38.6 Å². The van der Waals surface area contributed by atoms with E-state index in [0.29, 0.717) is 23.3 Å². The fraction of sp³-hybridized carbons (Fsp3) is 0.222. The summed E-state index contributed by atoms with van der Waals surface area (Å²) in [6.45, 7) is 3.69. The Morgan fingerprint density at radius 3 is 2.89 bits per heavy atom. The number of carbonyl (C=O) groups excluding carboxylic acids is 2. The maximum absolute atomic E-state index is 12.4. The number of aromatic nitrogens is 2. The van der Waals surface area contributed by atoms with E-state index in [1.54, 1.807) is 22.4 Å². The van der Waals surface area contributed by atoms with Crippen molar-refractivity contribution in [1.29, 1.82) is 0 Å². The third-order valence-corrected chi connectivity index (χ3v) is 6.21. The third-order valence-electron chi connectivity index (χ3n) is 3.78. The minimum absolute atomic E-state index is 0.301. The lowest BCUT2D eigenvalue weighted by atomic mass is 10.4. The summed E-state index contributed by atoms with van der Waals surface area (Å²) >= 11 is 6.27. The molecule has 0 atom stereocenters. The predicted octanol–water partition coefficient (Wildman–Crippen LogP) is 3.04. The molecule has 0 aliphatic rings. The molecule has 0 saturated carbocycles. The van der Waals surface area contributed by atoms with Crippen molar-refractivity contribution in [2.75, 3.05) is 13.2 Å². The molecule has 28 heavy (non-hydrogen) atoms. The van der Waals surface area contributed by atoms with Crippen molar-refractivity contribution in [2.24, 2.45) is 0 Å². The monoisotopic (exact) mass is 481 g/mol. The molecule has 0 bridgehead atoms. The van der Waals surface area contributed by atoms with Crippen LogP contribution in [0.3, 0.4) is 0 Å². The zero-order valence-corrected chi connectivity index (χ0v) is 17.9. The average molecular weight is 482 g/mol. The molecule has 3 aromatic heterocycles. The smallest absolute Gasteiger partial charge is 0.326 e. The van der Waals surface area contributed by atoms with Crippen LogP contribution in [-0.2, 0) is 27.4 Å². The molecule has 3 rings (SSSR count). The lowest BCUT2D eigenvalue weighted by Crippen LogP contribution is -2.35. The summed E-state index contributed by atoms with van der Waals surface area (Å²) in [4.78, 5) is 44.1. The summed E-state index contributed by atoms with van der Waals surface area (Å²) in [5.41, 5.74) is -0.314. The van der Waals surface area contributed by atoms with Gasteiger partial charge < -0.3 is 9.64 Å². The predicted molar refractivity (Wildman–Crippen MR) is 112 cm³/mol. The molecule has 0 unspecified atom stereocenters. The maximum Gasteiger partial charge on any atom is 0.326 e. The molecular formula is C18H16BrN3O4S2. The highest BCUT2D eigenvalue weighted by Crippen LogP contribution is 2.23. The standard InChI is InChI=1S/C18H16BrN3O4S2/c1-2-6-21(8-12-3-4-14(19)28-12)15(23)10-26-16(24)9-22-11-20-17-13(18(22)25)5-7-27-17/h2-5,7,11H,1,6,8-10H2. The van der Waals surface area contributed by atoms with Gasteiger partial charge in [-0.1, -0.05) is 6.08 Å². The number of esters is 1. The van der Waals surface area contributed by atoms with Crippen LogP contribution < -0.4 is 5.56 Å². The Morgan fingerprint density at radius 1 is 1.36 bits per heavy atom. The van der Waals surface area contributed by atoms with Crippen LogP contribution in [0.25, 0.3) is 10.2 Å². The van der Waals surface area contributed by atoms with Crippen molar-refractivity contribution in [2.45, 2.75) is 13.1 Å². The van der Waals surface area contributed by atoms with Crippen LogP contribution in [0.1, 0.15) is 4.88 Å². The van der Waals surface area contributed by atoms with Crippen LogP contribution in [0.5, 0.6) is 0 Å². The molecule has 7 nitrogen and oxygen atoms in total. The van der Waals surface area contributed by atoms with Crippen molar-refractivity contribution < 1.29 is 14.3 Å².